The SMILES string of the molecule is CC1CCN(C(=O)CN(CC2CCCO2)S(C)(=O)=O)CC1. The zero-order chi connectivity index (χ0) is 15.5. The molecule has 0 saturated carbocycles. The lowest BCUT2D eigenvalue weighted by Crippen LogP contribution is -2.47. The largest absolute Gasteiger partial charge is 0.377 e. The summed E-state index contributed by atoms with van der Waals surface area (Å²) >= 11 is 0. The smallest absolute Gasteiger partial charge is 0.237 e. The van der Waals surface area contributed by atoms with Gasteiger partial charge in [0, 0.05) is 26.2 Å². The first kappa shape index (κ1) is 16.7. The molecule has 0 radical (unpaired) electrons. The van der Waals surface area contributed by atoms with Crippen molar-refractivity contribution in [1.29, 1.82) is 0 Å². The molecule has 6 nitrogen and oxygen atoms in total. The predicted molar refractivity (Wildman–Crippen MR) is 80.4 cm³/mol. The Balaban J connectivity index is 1.92. The van der Waals surface area contributed by atoms with Crippen molar-refractivity contribution < 1.29 is 17.9 Å². The third-order valence-electron chi connectivity index (χ3n) is 4.35. The maximum atomic E-state index is 12.3. The molecule has 0 spiro atoms. The Labute approximate surface area is 127 Å². The van der Waals surface area contributed by atoms with E-state index in [9.17, 15) is 13.2 Å². The van der Waals surface area contributed by atoms with Gasteiger partial charge in [-0.15, -0.1) is 0 Å². The van der Waals surface area contributed by atoms with Gasteiger partial charge < -0.3 is 9.64 Å². The molecular formula is C14H26N2O4S. The number of amides is 1. The van der Waals surface area contributed by atoms with E-state index in [4.69, 9.17) is 4.74 Å². The summed E-state index contributed by atoms with van der Waals surface area (Å²) in [5.41, 5.74) is 0. The maximum Gasteiger partial charge on any atom is 0.237 e. The molecule has 21 heavy (non-hydrogen) atoms. The summed E-state index contributed by atoms with van der Waals surface area (Å²) in [6.45, 7) is 4.55. The molecular weight excluding hydrogens is 292 g/mol. The van der Waals surface area contributed by atoms with Gasteiger partial charge in [0.2, 0.25) is 15.9 Å². The second-order valence-electron chi connectivity index (χ2n) is 6.25. The topological polar surface area (TPSA) is 66.9 Å². The van der Waals surface area contributed by atoms with Gasteiger partial charge in [-0.1, -0.05) is 6.92 Å². The normalized spacial score (nSPS) is 24.7. The number of rotatable bonds is 5. The van der Waals surface area contributed by atoms with E-state index >= 15 is 0 Å². The molecule has 0 aliphatic carbocycles. The number of hydrogen-bond acceptors (Lipinski definition) is 4. The van der Waals surface area contributed by atoms with Gasteiger partial charge in [-0.3, -0.25) is 4.79 Å². The number of sulfonamides is 1. The highest BCUT2D eigenvalue weighted by Gasteiger charge is 2.29. The van der Waals surface area contributed by atoms with Crippen LogP contribution in [0.4, 0.5) is 0 Å². The van der Waals surface area contributed by atoms with Crippen LogP contribution in [0.5, 0.6) is 0 Å². The maximum absolute atomic E-state index is 12.3. The van der Waals surface area contributed by atoms with Gasteiger partial charge in [0.25, 0.3) is 0 Å². The number of carbonyl (C=O) groups excluding carboxylic acids is 1. The number of carbonyl (C=O) groups is 1. The summed E-state index contributed by atoms with van der Waals surface area (Å²) in [6.07, 6.45) is 4.90. The van der Waals surface area contributed by atoms with Crippen molar-refractivity contribution >= 4 is 15.9 Å². The molecule has 0 bridgehead atoms. The van der Waals surface area contributed by atoms with Crippen molar-refractivity contribution in [3.8, 4) is 0 Å². The molecule has 1 atom stereocenters. The quantitative estimate of drug-likeness (QED) is 0.748. The van der Waals surface area contributed by atoms with E-state index in [2.05, 4.69) is 6.92 Å². The Hall–Kier alpha value is -0.660. The molecule has 0 aromatic carbocycles. The Morgan fingerprint density at radius 3 is 2.48 bits per heavy atom. The first-order valence-corrected chi connectivity index (χ1v) is 9.55. The minimum Gasteiger partial charge on any atom is -0.377 e. The predicted octanol–water partition coefficient (Wildman–Crippen LogP) is 0.686. The molecule has 2 aliphatic rings. The van der Waals surface area contributed by atoms with Crippen molar-refractivity contribution in [3.63, 3.8) is 0 Å². The van der Waals surface area contributed by atoms with Crippen LogP contribution >= 0.6 is 0 Å². The van der Waals surface area contributed by atoms with E-state index in [0.29, 0.717) is 12.5 Å². The molecule has 2 saturated heterocycles. The van der Waals surface area contributed by atoms with Crippen LogP contribution in [0, 0.1) is 5.92 Å². The fourth-order valence-electron chi connectivity index (χ4n) is 2.84. The van der Waals surface area contributed by atoms with Gasteiger partial charge in [0.05, 0.1) is 18.9 Å². The lowest BCUT2D eigenvalue weighted by molar-refractivity contribution is -0.132. The first-order valence-electron chi connectivity index (χ1n) is 7.71. The summed E-state index contributed by atoms with van der Waals surface area (Å²) in [5.74, 6) is 0.553. The average molecular weight is 318 g/mol. The molecule has 1 unspecified atom stereocenters. The Morgan fingerprint density at radius 1 is 1.29 bits per heavy atom. The lowest BCUT2D eigenvalue weighted by atomic mass is 9.99. The van der Waals surface area contributed by atoms with E-state index in [0.717, 1.165) is 45.0 Å². The zero-order valence-corrected chi connectivity index (χ0v) is 13.8. The summed E-state index contributed by atoms with van der Waals surface area (Å²) in [6, 6.07) is 0. The number of piperidine rings is 1. The molecule has 122 valence electrons. The van der Waals surface area contributed by atoms with Crippen molar-refractivity contribution in [2.24, 2.45) is 5.92 Å². The van der Waals surface area contributed by atoms with Crippen LogP contribution in [0.1, 0.15) is 32.6 Å². The molecule has 0 aromatic heterocycles. The molecule has 2 fully saturated rings. The third kappa shape index (κ3) is 4.93. The van der Waals surface area contributed by atoms with Crippen LogP contribution in [0.15, 0.2) is 0 Å². The van der Waals surface area contributed by atoms with Gasteiger partial charge in [-0.25, -0.2) is 8.42 Å². The Kier molecular flexibility index (Phi) is 5.62. The van der Waals surface area contributed by atoms with Crippen LogP contribution in [0.3, 0.4) is 0 Å². The van der Waals surface area contributed by atoms with Gasteiger partial charge in [-0.05, 0) is 31.6 Å². The van der Waals surface area contributed by atoms with Crippen molar-refractivity contribution in [2.45, 2.75) is 38.7 Å². The van der Waals surface area contributed by atoms with Crippen LogP contribution in [0.25, 0.3) is 0 Å². The minimum atomic E-state index is -3.39. The standard InChI is InChI=1S/C14H26N2O4S/c1-12-5-7-15(8-6-12)14(17)11-16(21(2,18)19)10-13-4-3-9-20-13/h12-13H,3-11H2,1-2H3. The van der Waals surface area contributed by atoms with Gasteiger partial charge in [-0.2, -0.15) is 4.31 Å². The fraction of sp³-hybridized carbons (Fsp3) is 0.929. The number of nitrogens with zero attached hydrogens (tertiary/aromatic N) is 2. The molecule has 2 aliphatic heterocycles. The van der Waals surface area contributed by atoms with E-state index in [1.165, 1.54) is 4.31 Å². The van der Waals surface area contributed by atoms with Crippen LogP contribution in [-0.4, -0.2) is 68.7 Å². The number of ether oxygens (including phenoxy) is 1. The molecule has 2 rings (SSSR count). The van der Waals surface area contributed by atoms with Gasteiger partial charge in [0.15, 0.2) is 0 Å². The zero-order valence-electron chi connectivity index (χ0n) is 13.0. The summed E-state index contributed by atoms with van der Waals surface area (Å²) in [4.78, 5) is 14.1. The van der Waals surface area contributed by atoms with Gasteiger partial charge >= 0.3 is 0 Å². The first-order chi connectivity index (χ1) is 9.86. The van der Waals surface area contributed by atoms with Crippen molar-refractivity contribution in [3.05, 3.63) is 0 Å². The van der Waals surface area contributed by atoms with E-state index < -0.39 is 10.0 Å². The van der Waals surface area contributed by atoms with Gasteiger partial charge in [0.1, 0.15) is 0 Å². The third-order valence-corrected chi connectivity index (χ3v) is 5.56. The molecule has 1 amide bonds. The highest BCUT2D eigenvalue weighted by molar-refractivity contribution is 7.88. The molecule has 0 aromatic rings. The van der Waals surface area contributed by atoms with E-state index in [1.807, 2.05) is 0 Å². The number of hydrogen-bond donors (Lipinski definition) is 0. The lowest BCUT2D eigenvalue weighted by Gasteiger charge is -2.32. The molecule has 7 heteroatoms. The van der Waals surface area contributed by atoms with Crippen molar-refractivity contribution in [2.75, 3.05) is 39.0 Å². The second-order valence-corrected chi connectivity index (χ2v) is 8.24. The Morgan fingerprint density at radius 2 is 1.95 bits per heavy atom. The summed E-state index contributed by atoms with van der Waals surface area (Å²) in [5, 5.41) is 0. The van der Waals surface area contributed by atoms with Crippen LogP contribution in [-0.2, 0) is 19.6 Å². The van der Waals surface area contributed by atoms with Crippen LogP contribution < -0.4 is 0 Å². The van der Waals surface area contributed by atoms with E-state index in [1.54, 1.807) is 4.90 Å². The molecule has 0 N–H and O–H groups in total. The van der Waals surface area contributed by atoms with Crippen LogP contribution in [0.2, 0.25) is 0 Å². The highest BCUT2D eigenvalue weighted by Crippen LogP contribution is 2.18. The molecule has 2 heterocycles. The second kappa shape index (κ2) is 7.07. The van der Waals surface area contributed by atoms with Crippen molar-refractivity contribution in [1.82, 2.24) is 9.21 Å². The monoisotopic (exact) mass is 318 g/mol. The van der Waals surface area contributed by atoms with E-state index in [-0.39, 0.29) is 25.1 Å². The number of likely N-dealkylation sites (tertiary alicyclic amines) is 1. The summed E-state index contributed by atoms with van der Waals surface area (Å²) in [7, 11) is -3.39. The summed E-state index contributed by atoms with van der Waals surface area (Å²) < 4.78 is 30.5. The highest BCUT2D eigenvalue weighted by atomic mass is 32.2. The average Bonchev–Trinajstić information content (AvgIpc) is 2.90. The minimum absolute atomic E-state index is 0.0624. The fourth-order valence-corrected chi connectivity index (χ4v) is 3.62. The Bertz CT molecular complexity index is 452.